The van der Waals surface area contributed by atoms with Gasteiger partial charge in [-0.3, -0.25) is 19.3 Å². The Balaban J connectivity index is 1.73. The summed E-state index contributed by atoms with van der Waals surface area (Å²) in [4.78, 5) is 38.7. The smallest absolute Gasteiger partial charge is 0.294 e. The highest BCUT2D eigenvalue weighted by Crippen LogP contribution is 2.34. The minimum Gasteiger partial charge on any atom is -0.490 e. The van der Waals surface area contributed by atoms with Crippen LogP contribution in [0.3, 0.4) is 0 Å². The minimum atomic E-state index is -0.483. The molecule has 0 aromatic heterocycles. The van der Waals surface area contributed by atoms with Crippen molar-refractivity contribution in [3.8, 4) is 5.75 Å². The van der Waals surface area contributed by atoms with Gasteiger partial charge in [0, 0.05) is 11.3 Å². The van der Waals surface area contributed by atoms with Crippen LogP contribution in [0, 0.1) is 6.92 Å². The predicted molar refractivity (Wildman–Crippen MR) is 119 cm³/mol. The molecule has 3 amide bonds. The van der Waals surface area contributed by atoms with Crippen molar-refractivity contribution in [2.45, 2.75) is 33.3 Å². The largest absolute Gasteiger partial charge is 0.490 e. The van der Waals surface area contributed by atoms with Crippen LogP contribution in [0.4, 0.5) is 10.5 Å². The number of carbonyl (C=O) groups is 3. The normalized spacial score (nSPS) is 16.1. The van der Waals surface area contributed by atoms with Gasteiger partial charge >= 0.3 is 0 Å². The number of imide groups is 1. The lowest BCUT2D eigenvalue weighted by Crippen LogP contribution is -2.36. The van der Waals surface area contributed by atoms with E-state index in [1.54, 1.807) is 12.1 Å². The second kappa shape index (κ2) is 9.63. The molecule has 156 valence electrons. The number of aryl methyl sites for hydroxylation is 1. The maximum atomic E-state index is 12.8. The van der Waals surface area contributed by atoms with E-state index in [9.17, 15) is 14.4 Å². The molecule has 0 saturated carbocycles. The molecule has 2 aromatic carbocycles. The molecule has 2 aromatic rings. The number of hydrogen-bond acceptors (Lipinski definition) is 5. The Morgan fingerprint density at radius 2 is 1.87 bits per heavy atom. The number of ether oxygens (including phenoxy) is 1. The molecular weight excluding hydrogens is 400 g/mol. The quantitative estimate of drug-likeness (QED) is 0.643. The van der Waals surface area contributed by atoms with E-state index in [2.05, 4.69) is 5.32 Å². The Hall–Kier alpha value is -3.06. The summed E-state index contributed by atoms with van der Waals surface area (Å²) in [6.07, 6.45) is 2.52. The standard InChI is InChI=1S/C23H24N2O4S/c1-4-16(3)29-19-12-8-6-10-17(19)13-20-22(27)25(23(28)30-20)14-21(26)24-18-11-7-5-9-15(18)2/h5-13,16H,4,14H2,1-3H3,(H,24,26). The number of nitrogens with zero attached hydrogens (tertiary/aromatic N) is 1. The number of rotatable bonds is 7. The molecule has 1 heterocycles. The van der Waals surface area contributed by atoms with Crippen LogP contribution < -0.4 is 10.1 Å². The molecule has 1 aliphatic heterocycles. The number of amides is 3. The summed E-state index contributed by atoms with van der Waals surface area (Å²) in [5, 5.41) is 2.28. The van der Waals surface area contributed by atoms with E-state index in [0.29, 0.717) is 17.0 Å². The first kappa shape index (κ1) is 21.6. The third kappa shape index (κ3) is 5.10. The van der Waals surface area contributed by atoms with Crippen LogP contribution in [-0.2, 0) is 9.59 Å². The van der Waals surface area contributed by atoms with Crippen molar-refractivity contribution < 1.29 is 19.1 Å². The van der Waals surface area contributed by atoms with Crippen molar-refractivity contribution >= 4 is 40.6 Å². The van der Waals surface area contributed by atoms with Crippen LogP contribution in [-0.4, -0.2) is 34.6 Å². The molecule has 1 N–H and O–H groups in total. The highest BCUT2D eigenvalue weighted by Gasteiger charge is 2.36. The van der Waals surface area contributed by atoms with Gasteiger partial charge in [0.1, 0.15) is 12.3 Å². The fraction of sp³-hybridized carbons (Fsp3) is 0.261. The number of hydrogen-bond donors (Lipinski definition) is 1. The van der Waals surface area contributed by atoms with E-state index in [1.807, 2.05) is 63.2 Å². The molecular formula is C23H24N2O4S. The van der Waals surface area contributed by atoms with Gasteiger partial charge in [-0.15, -0.1) is 0 Å². The second-order valence-electron chi connectivity index (χ2n) is 7.01. The highest BCUT2D eigenvalue weighted by molar-refractivity contribution is 8.18. The highest BCUT2D eigenvalue weighted by atomic mass is 32.2. The van der Waals surface area contributed by atoms with Crippen molar-refractivity contribution in [1.82, 2.24) is 4.90 Å². The van der Waals surface area contributed by atoms with Crippen molar-refractivity contribution in [3.63, 3.8) is 0 Å². The molecule has 1 fully saturated rings. The number of thioether (sulfide) groups is 1. The molecule has 30 heavy (non-hydrogen) atoms. The van der Waals surface area contributed by atoms with E-state index in [4.69, 9.17) is 4.74 Å². The molecule has 7 heteroatoms. The number of anilines is 1. The first-order valence-electron chi connectivity index (χ1n) is 9.75. The molecule has 0 bridgehead atoms. The molecule has 1 aliphatic rings. The van der Waals surface area contributed by atoms with Crippen LogP contribution in [0.1, 0.15) is 31.4 Å². The van der Waals surface area contributed by atoms with Gasteiger partial charge in [0.15, 0.2) is 0 Å². The van der Waals surface area contributed by atoms with Crippen LogP contribution in [0.2, 0.25) is 0 Å². The van der Waals surface area contributed by atoms with Gasteiger partial charge in [-0.25, -0.2) is 0 Å². The molecule has 1 saturated heterocycles. The third-order valence-corrected chi connectivity index (χ3v) is 5.61. The molecule has 3 rings (SSSR count). The van der Waals surface area contributed by atoms with Crippen LogP contribution >= 0.6 is 11.8 Å². The SMILES string of the molecule is CCC(C)Oc1ccccc1C=C1SC(=O)N(CC(=O)Nc2ccccc2C)C1=O. The Morgan fingerprint density at radius 1 is 1.17 bits per heavy atom. The Labute approximate surface area is 180 Å². The minimum absolute atomic E-state index is 0.0275. The first-order valence-corrected chi connectivity index (χ1v) is 10.6. The van der Waals surface area contributed by atoms with E-state index in [1.165, 1.54) is 0 Å². The number of benzene rings is 2. The zero-order chi connectivity index (χ0) is 21.7. The second-order valence-corrected chi connectivity index (χ2v) is 8.00. The van der Waals surface area contributed by atoms with Gasteiger partial charge in [-0.2, -0.15) is 0 Å². The Bertz CT molecular complexity index is 1000. The summed E-state index contributed by atoms with van der Waals surface area (Å²) < 4.78 is 5.91. The third-order valence-electron chi connectivity index (χ3n) is 4.70. The van der Waals surface area contributed by atoms with Crippen molar-refractivity contribution in [1.29, 1.82) is 0 Å². The predicted octanol–water partition coefficient (Wildman–Crippen LogP) is 4.85. The maximum absolute atomic E-state index is 12.8. The lowest BCUT2D eigenvalue weighted by molar-refractivity contribution is -0.127. The molecule has 0 aliphatic carbocycles. The van der Waals surface area contributed by atoms with Crippen molar-refractivity contribution in [3.05, 3.63) is 64.6 Å². The molecule has 1 unspecified atom stereocenters. The van der Waals surface area contributed by atoms with Gasteiger partial charge < -0.3 is 10.1 Å². The zero-order valence-electron chi connectivity index (χ0n) is 17.2. The van der Waals surface area contributed by atoms with Crippen LogP contribution in [0.5, 0.6) is 5.75 Å². The number of para-hydroxylation sites is 2. The molecule has 0 radical (unpaired) electrons. The van der Waals surface area contributed by atoms with E-state index < -0.39 is 17.1 Å². The summed E-state index contributed by atoms with van der Waals surface area (Å²) in [7, 11) is 0. The average molecular weight is 425 g/mol. The van der Waals surface area contributed by atoms with Crippen molar-refractivity contribution in [2.75, 3.05) is 11.9 Å². The van der Waals surface area contributed by atoms with Gasteiger partial charge in [-0.05, 0) is 55.8 Å². The van der Waals surface area contributed by atoms with Gasteiger partial charge in [0.25, 0.3) is 11.1 Å². The zero-order valence-corrected chi connectivity index (χ0v) is 18.0. The first-order chi connectivity index (χ1) is 14.4. The summed E-state index contributed by atoms with van der Waals surface area (Å²) >= 11 is 0.824. The lowest BCUT2D eigenvalue weighted by Gasteiger charge is -2.15. The number of nitrogens with one attached hydrogen (secondary N) is 1. The van der Waals surface area contributed by atoms with E-state index in [0.717, 1.165) is 28.6 Å². The summed E-state index contributed by atoms with van der Waals surface area (Å²) in [5.41, 5.74) is 2.27. The van der Waals surface area contributed by atoms with Gasteiger partial charge in [0.05, 0.1) is 11.0 Å². The Kier molecular flexibility index (Phi) is 6.95. The molecule has 1 atom stereocenters. The lowest BCUT2D eigenvalue weighted by atomic mass is 10.1. The van der Waals surface area contributed by atoms with E-state index in [-0.39, 0.29) is 17.6 Å². The monoisotopic (exact) mass is 424 g/mol. The van der Waals surface area contributed by atoms with E-state index >= 15 is 0 Å². The fourth-order valence-corrected chi connectivity index (χ4v) is 3.66. The van der Waals surface area contributed by atoms with Gasteiger partial charge in [0.2, 0.25) is 5.91 Å². The molecule has 6 nitrogen and oxygen atoms in total. The molecule has 0 spiro atoms. The topological polar surface area (TPSA) is 75.7 Å². The Morgan fingerprint density at radius 3 is 2.60 bits per heavy atom. The van der Waals surface area contributed by atoms with Crippen molar-refractivity contribution in [2.24, 2.45) is 0 Å². The van der Waals surface area contributed by atoms with Crippen LogP contribution in [0.25, 0.3) is 6.08 Å². The van der Waals surface area contributed by atoms with Crippen LogP contribution in [0.15, 0.2) is 53.4 Å². The summed E-state index contributed by atoms with van der Waals surface area (Å²) in [5.74, 6) is -0.257. The van der Waals surface area contributed by atoms with Gasteiger partial charge in [-0.1, -0.05) is 43.3 Å². The maximum Gasteiger partial charge on any atom is 0.294 e. The number of carbonyl (C=O) groups excluding carboxylic acids is 3. The summed E-state index contributed by atoms with van der Waals surface area (Å²) in [6, 6.07) is 14.7. The summed E-state index contributed by atoms with van der Waals surface area (Å²) in [6.45, 7) is 5.54. The average Bonchev–Trinajstić information content (AvgIpc) is 2.98. The fourth-order valence-electron chi connectivity index (χ4n) is 2.83.